The summed E-state index contributed by atoms with van der Waals surface area (Å²) in [6, 6.07) is 1.68. The topological polar surface area (TPSA) is 25.8 Å². The zero-order chi connectivity index (χ0) is 10.2. The average Bonchev–Trinajstić information content (AvgIpc) is 2.49. The van der Waals surface area contributed by atoms with Gasteiger partial charge in [-0.3, -0.25) is 0 Å². The molecule has 6 heteroatoms. The first kappa shape index (κ1) is 9.39. The molecular formula is C8H5F3N2S. The molecule has 0 spiro atoms. The maximum absolute atomic E-state index is 12.1. The van der Waals surface area contributed by atoms with Crippen LogP contribution in [0, 0.1) is 0 Å². The monoisotopic (exact) mass is 218 g/mol. The van der Waals surface area contributed by atoms with E-state index in [4.69, 9.17) is 0 Å². The van der Waals surface area contributed by atoms with E-state index < -0.39 is 12.6 Å². The van der Waals surface area contributed by atoms with Crippen molar-refractivity contribution in [3.05, 3.63) is 23.5 Å². The third-order valence-electron chi connectivity index (χ3n) is 1.68. The van der Waals surface area contributed by atoms with Gasteiger partial charge in [-0.15, -0.1) is 11.3 Å². The van der Waals surface area contributed by atoms with E-state index in [0.717, 1.165) is 6.33 Å². The fourth-order valence-electron chi connectivity index (χ4n) is 1.16. The Kier molecular flexibility index (Phi) is 2.14. The van der Waals surface area contributed by atoms with E-state index in [0.29, 0.717) is 10.2 Å². The van der Waals surface area contributed by atoms with Crippen molar-refractivity contribution in [2.45, 2.75) is 12.6 Å². The van der Waals surface area contributed by atoms with Gasteiger partial charge in [0.05, 0.1) is 22.3 Å². The molecular weight excluding hydrogens is 213 g/mol. The highest BCUT2D eigenvalue weighted by molar-refractivity contribution is 7.17. The zero-order valence-corrected chi connectivity index (χ0v) is 7.69. The number of hydrogen-bond acceptors (Lipinski definition) is 3. The molecule has 0 aliphatic heterocycles. The summed E-state index contributed by atoms with van der Waals surface area (Å²) >= 11 is 1.23. The second-order valence-electron chi connectivity index (χ2n) is 2.75. The Morgan fingerprint density at radius 2 is 2.07 bits per heavy atom. The van der Waals surface area contributed by atoms with E-state index in [1.165, 1.54) is 11.3 Å². The van der Waals surface area contributed by atoms with Crippen LogP contribution in [-0.4, -0.2) is 16.1 Å². The highest BCUT2D eigenvalue weighted by Crippen LogP contribution is 2.27. The van der Waals surface area contributed by atoms with Crippen LogP contribution in [0.15, 0.2) is 17.8 Å². The SMILES string of the molecule is FC(F)(F)Cc1ncnc2ccsc12. The largest absolute Gasteiger partial charge is 0.394 e. The molecule has 0 aromatic carbocycles. The standard InChI is InChI=1S/C8H5F3N2S/c9-8(10,11)3-6-7-5(1-2-14-7)12-4-13-6/h1-2,4H,3H2. The lowest BCUT2D eigenvalue weighted by molar-refractivity contribution is -0.127. The molecule has 0 amide bonds. The molecule has 0 N–H and O–H groups in total. The van der Waals surface area contributed by atoms with E-state index in [2.05, 4.69) is 9.97 Å². The molecule has 0 atom stereocenters. The minimum atomic E-state index is -4.22. The quantitative estimate of drug-likeness (QED) is 0.735. The van der Waals surface area contributed by atoms with Crippen LogP contribution in [-0.2, 0) is 6.42 Å². The predicted molar refractivity (Wildman–Crippen MR) is 47.2 cm³/mol. The molecule has 0 aliphatic rings. The van der Waals surface area contributed by atoms with Crippen LogP contribution >= 0.6 is 11.3 Å². The number of aromatic nitrogens is 2. The van der Waals surface area contributed by atoms with Gasteiger partial charge in [-0.2, -0.15) is 13.2 Å². The van der Waals surface area contributed by atoms with Crippen LogP contribution in [0.2, 0.25) is 0 Å². The number of nitrogens with zero attached hydrogens (tertiary/aromatic N) is 2. The smallest absolute Gasteiger partial charge is 0.240 e. The number of fused-ring (bicyclic) bond motifs is 1. The average molecular weight is 218 g/mol. The van der Waals surface area contributed by atoms with Crippen molar-refractivity contribution in [2.24, 2.45) is 0 Å². The van der Waals surface area contributed by atoms with Crippen LogP contribution < -0.4 is 0 Å². The Morgan fingerprint density at radius 1 is 1.29 bits per heavy atom. The van der Waals surface area contributed by atoms with Gasteiger partial charge in [0.25, 0.3) is 0 Å². The summed E-state index contributed by atoms with van der Waals surface area (Å²) in [6.07, 6.45) is -4.05. The molecule has 74 valence electrons. The lowest BCUT2D eigenvalue weighted by Crippen LogP contribution is -2.12. The molecule has 0 saturated heterocycles. The van der Waals surface area contributed by atoms with Gasteiger partial charge in [-0.25, -0.2) is 9.97 Å². The van der Waals surface area contributed by atoms with E-state index >= 15 is 0 Å². The summed E-state index contributed by atoms with van der Waals surface area (Å²) in [6.45, 7) is 0. The van der Waals surface area contributed by atoms with Crippen molar-refractivity contribution in [3.8, 4) is 0 Å². The lowest BCUT2D eigenvalue weighted by Gasteiger charge is -2.05. The number of rotatable bonds is 1. The van der Waals surface area contributed by atoms with E-state index in [1.807, 2.05) is 0 Å². The van der Waals surface area contributed by atoms with Gasteiger partial charge >= 0.3 is 6.18 Å². The van der Waals surface area contributed by atoms with Crippen LogP contribution in [0.3, 0.4) is 0 Å². The minimum Gasteiger partial charge on any atom is -0.240 e. The van der Waals surface area contributed by atoms with Crippen LogP contribution in [0.25, 0.3) is 10.2 Å². The summed E-state index contributed by atoms with van der Waals surface area (Å²) in [4.78, 5) is 7.51. The Labute approximate surface area is 81.4 Å². The van der Waals surface area contributed by atoms with Gasteiger partial charge in [-0.05, 0) is 11.4 Å². The minimum absolute atomic E-state index is 0.0532. The molecule has 14 heavy (non-hydrogen) atoms. The van der Waals surface area contributed by atoms with Crippen molar-refractivity contribution >= 4 is 21.6 Å². The summed E-state index contributed by atoms with van der Waals surface area (Å²) in [5.41, 5.74) is 0.627. The molecule has 2 nitrogen and oxygen atoms in total. The number of alkyl halides is 3. The Morgan fingerprint density at radius 3 is 2.79 bits per heavy atom. The van der Waals surface area contributed by atoms with E-state index in [-0.39, 0.29) is 5.69 Å². The summed E-state index contributed by atoms with van der Waals surface area (Å²) in [5.74, 6) is 0. The van der Waals surface area contributed by atoms with E-state index in [9.17, 15) is 13.2 Å². The highest BCUT2D eigenvalue weighted by Gasteiger charge is 2.29. The Hall–Kier alpha value is -1.17. The Balaban J connectivity index is 2.46. The fourth-order valence-corrected chi connectivity index (χ4v) is 1.99. The molecule has 0 aliphatic carbocycles. The zero-order valence-electron chi connectivity index (χ0n) is 6.88. The van der Waals surface area contributed by atoms with Crippen LogP contribution in [0.1, 0.15) is 5.69 Å². The second kappa shape index (κ2) is 3.20. The normalized spacial score (nSPS) is 12.2. The molecule has 0 radical (unpaired) electrons. The number of halogens is 3. The number of thiophene rings is 1. The van der Waals surface area contributed by atoms with Gasteiger partial charge in [0.2, 0.25) is 0 Å². The van der Waals surface area contributed by atoms with Gasteiger partial charge in [0, 0.05) is 0 Å². The lowest BCUT2D eigenvalue weighted by atomic mass is 10.2. The van der Waals surface area contributed by atoms with Crippen molar-refractivity contribution in [3.63, 3.8) is 0 Å². The van der Waals surface area contributed by atoms with E-state index in [1.54, 1.807) is 11.4 Å². The number of hydrogen-bond donors (Lipinski definition) is 0. The third-order valence-corrected chi connectivity index (χ3v) is 2.64. The van der Waals surface area contributed by atoms with Gasteiger partial charge in [0.15, 0.2) is 0 Å². The first-order chi connectivity index (χ1) is 6.56. The first-order valence-electron chi connectivity index (χ1n) is 3.80. The molecule has 2 aromatic rings. The van der Waals surface area contributed by atoms with Crippen molar-refractivity contribution in [1.82, 2.24) is 9.97 Å². The highest BCUT2D eigenvalue weighted by atomic mass is 32.1. The second-order valence-corrected chi connectivity index (χ2v) is 3.66. The summed E-state index contributed by atoms with van der Waals surface area (Å²) < 4.78 is 36.9. The molecule has 2 aromatic heterocycles. The molecule has 0 unspecified atom stereocenters. The first-order valence-corrected chi connectivity index (χ1v) is 4.68. The van der Waals surface area contributed by atoms with Gasteiger partial charge < -0.3 is 0 Å². The van der Waals surface area contributed by atoms with Gasteiger partial charge in [-0.1, -0.05) is 0 Å². The maximum Gasteiger partial charge on any atom is 0.394 e. The Bertz CT molecular complexity index is 449. The van der Waals surface area contributed by atoms with Crippen molar-refractivity contribution in [2.75, 3.05) is 0 Å². The van der Waals surface area contributed by atoms with Crippen molar-refractivity contribution in [1.29, 1.82) is 0 Å². The summed E-state index contributed by atoms with van der Waals surface area (Å²) in [7, 11) is 0. The fraction of sp³-hybridized carbons (Fsp3) is 0.250. The summed E-state index contributed by atoms with van der Waals surface area (Å²) in [5, 5.41) is 1.71. The van der Waals surface area contributed by atoms with Crippen LogP contribution in [0.5, 0.6) is 0 Å². The third kappa shape index (κ3) is 1.84. The molecule has 0 bridgehead atoms. The molecule has 2 rings (SSSR count). The van der Waals surface area contributed by atoms with Crippen LogP contribution in [0.4, 0.5) is 13.2 Å². The van der Waals surface area contributed by atoms with Crippen molar-refractivity contribution < 1.29 is 13.2 Å². The van der Waals surface area contributed by atoms with Gasteiger partial charge in [0.1, 0.15) is 6.33 Å². The molecule has 0 saturated carbocycles. The molecule has 2 heterocycles. The molecule has 0 fully saturated rings. The predicted octanol–water partition coefficient (Wildman–Crippen LogP) is 2.80. The maximum atomic E-state index is 12.1.